The van der Waals surface area contributed by atoms with Gasteiger partial charge in [0.05, 0.1) is 26.2 Å². The van der Waals surface area contributed by atoms with Crippen LogP contribution in [0, 0.1) is 0 Å². The second-order valence-corrected chi connectivity index (χ2v) is 4.61. The first-order valence-corrected chi connectivity index (χ1v) is 5.72. The van der Waals surface area contributed by atoms with Crippen molar-refractivity contribution in [3.05, 3.63) is 0 Å². The lowest BCUT2D eigenvalue weighted by atomic mass is 10.1. The third kappa shape index (κ3) is 2.44. The van der Waals surface area contributed by atoms with Gasteiger partial charge < -0.3 is 4.48 Å². The van der Waals surface area contributed by atoms with E-state index in [4.69, 9.17) is 0 Å². The van der Waals surface area contributed by atoms with Crippen molar-refractivity contribution >= 4 is 0 Å². The summed E-state index contributed by atoms with van der Waals surface area (Å²) in [5.74, 6) is 0. The molecule has 1 rings (SSSR count). The molecule has 0 aliphatic carbocycles. The molecule has 1 fully saturated rings. The number of quaternary nitrogens is 1. The predicted octanol–water partition coefficient (Wildman–Crippen LogP) is 1.91. The molecule has 0 bridgehead atoms. The third-order valence-electron chi connectivity index (χ3n) is 3.48. The topological polar surface area (TPSA) is 3.24 Å². The van der Waals surface area contributed by atoms with Gasteiger partial charge in [-0.25, -0.2) is 4.90 Å². The summed E-state index contributed by atoms with van der Waals surface area (Å²) in [5.41, 5.74) is 0. The molecule has 1 aliphatic heterocycles. The maximum Gasteiger partial charge on any atom is 0.135 e. The Kier molecular flexibility index (Phi) is 3.74. The average Bonchev–Trinajstić information content (AvgIpc) is 2.45. The fraction of sp³-hybridized carbons (Fsp3) is 1.00. The van der Waals surface area contributed by atoms with E-state index in [0.717, 1.165) is 6.04 Å². The Morgan fingerprint density at radius 1 is 1.31 bits per heavy atom. The summed E-state index contributed by atoms with van der Waals surface area (Å²) in [5, 5.41) is 0. The number of nitrogens with zero attached hydrogens (tertiary/aromatic N) is 2. The van der Waals surface area contributed by atoms with E-state index in [1.807, 2.05) is 0 Å². The van der Waals surface area contributed by atoms with E-state index in [9.17, 15) is 0 Å². The molecule has 0 N–H and O–H groups in total. The zero-order valence-electron chi connectivity index (χ0n) is 9.71. The maximum absolute atomic E-state index is 2.65. The summed E-state index contributed by atoms with van der Waals surface area (Å²) in [7, 11) is 2.39. The van der Waals surface area contributed by atoms with Crippen molar-refractivity contribution in [2.45, 2.75) is 39.7 Å². The van der Waals surface area contributed by atoms with Crippen LogP contribution < -0.4 is 0 Å². The zero-order valence-corrected chi connectivity index (χ0v) is 9.71. The number of rotatable bonds is 4. The van der Waals surface area contributed by atoms with E-state index < -0.39 is 0 Å². The van der Waals surface area contributed by atoms with E-state index in [1.54, 1.807) is 0 Å². The van der Waals surface area contributed by atoms with Crippen LogP contribution in [0.2, 0.25) is 0 Å². The van der Waals surface area contributed by atoms with Crippen molar-refractivity contribution in [1.82, 2.24) is 4.90 Å². The van der Waals surface area contributed by atoms with Crippen molar-refractivity contribution < 1.29 is 4.48 Å². The monoisotopic (exact) mass is 185 g/mol. The summed E-state index contributed by atoms with van der Waals surface area (Å²) in [6.07, 6.45) is 2.70. The van der Waals surface area contributed by atoms with Crippen LogP contribution in [0.25, 0.3) is 0 Å². The van der Waals surface area contributed by atoms with Crippen LogP contribution >= 0.6 is 0 Å². The van der Waals surface area contributed by atoms with E-state index in [1.165, 1.54) is 43.6 Å². The minimum Gasteiger partial charge on any atom is -0.312 e. The highest BCUT2D eigenvalue weighted by atomic mass is 15.5. The van der Waals surface area contributed by atoms with Gasteiger partial charge in [0.25, 0.3) is 0 Å². The van der Waals surface area contributed by atoms with Gasteiger partial charge in [-0.2, -0.15) is 0 Å². The molecule has 1 aliphatic rings. The second kappa shape index (κ2) is 4.43. The molecule has 0 amide bonds. The van der Waals surface area contributed by atoms with Gasteiger partial charge in [-0.05, 0) is 13.3 Å². The molecular weight excluding hydrogens is 160 g/mol. The molecule has 0 aromatic carbocycles. The van der Waals surface area contributed by atoms with Crippen molar-refractivity contribution in [2.75, 3.05) is 33.4 Å². The van der Waals surface area contributed by atoms with Gasteiger partial charge in [-0.1, -0.05) is 20.3 Å². The van der Waals surface area contributed by atoms with Crippen LogP contribution in [0.15, 0.2) is 0 Å². The largest absolute Gasteiger partial charge is 0.312 e. The Morgan fingerprint density at radius 3 is 2.46 bits per heavy atom. The van der Waals surface area contributed by atoms with Crippen LogP contribution in [0.1, 0.15) is 33.6 Å². The van der Waals surface area contributed by atoms with Crippen LogP contribution in [-0.2, 0) is 0 Å². The van der Waals surface area contributed by atoms with E-state index in [2.05, 4.69) is 32.7 Å². The molecule has 1 saturated heterocycles. The molecule has 78 valence electrons. The van der Waals surface area contributed by atoms with Gasteiger partial charge in [0.2, 0.25) is 0 Å². The predicted molar refractivity (Wildman–Crippen MR) is 57.5 cm³/mol. The molecule has 0 aromatic heterocycles. The summed E-state index contributed by atoms with van der Waals surface area (Å²) >= 11 is 0. The lowest BCUT2D eigenvalue weighted by Crippen LogP contribution is -2.42. The van der Waals surface area contributed by atoms with Gasteiger partial charge in [-0.3, -0.25) is 0 Å². The smallest absolute Gasteiger partial charge is 0.135 e. The molecule has 1 unspecified atom stereocenters. The minimum absolute atomic E-state index is 0.847. The van der Waals surface area contributed by atoms with Crippen LogP contribution in [0.5, 0.6) is 0 Å². The van der Waals surface area contributed by atoms with Crippen molar-refractivity contribution in [2.24, 2.45) is 0 Å². The maximum atomic E-state index is 2.65. The van der Waals surface area contributed by atoms with E-state index in [0.29, 0.717) is 0 Å². The fourth-order valence-electron chi connectivity index (χ4n) is 2.43. The first-order chi connectivity index (χ1) is 6.15. The molecule has 0 radical (unpaired) electrons. The molecule has 0 spiro atoms. The van der Waals surface area contributed by atoms with Gasteiger partial charge in [-0.15, -0.1) is 0 Å². The first kappa shape index (κ1) is 11.0. The highest BCUT2D eigenvalue weighted by Crippen LogP contribution is 2.22. The molecular formula is C11H25N2+. The summed E-state index contributed by atoms with van der Waals surface area (Å²) < 4.78 is 1.25. The Morgan fingerprint density at radius 2 is 2.00 bits per heavy atom. The molecule has 2 heteroatoms. The third-order valence-corrected chi connectivity index (χ3v) is 3.48. The van der Waals surface area contributed by atoms with Crippen molar-refractivity contribution in [1.29, 1.82) is 0 Å². The standard InChI is InChI=1S/C11H25N2/c1-5-8-11-9-13(4,7-3)10-12(11)6-2/h11H,5-10H2,1-4H3/q+1/t11?,13-/m1/s1. The highest BCUT2D eigenvalue weighted by molar-refractivity contribution is 4.73. The molecule has 0 aromatic rings. The SMILES string of the molecule is CCCC1C[N@@+](C)(CC)CN1CC. The summed E-state index contributed by atoms with van der Waals surface area (Å²) in [6, 6.07) is 0.847. The Hall–Kier alpha value is -0.0800. The quantitative estimate of drug-likeness (QED) is 0.605. The molecule has 1 heterocycles. The number of hydrogen-bond acceptors (Lipinski definition) is 1. The van der Waals surface area contributed by atoms with Crippen LogP contribution in [0.4, 0.5) is 0 Å². The van der Waals surface area contributed by atoms with Crippen molar-refractivity contribution in [3.63, 3.8) is 0 Å². The number of likely N-dealkylation sites (N-methyl/N-ethyl adjacent to an activating group) is 2. The second-order valence-electron chi connectivity index (χ2n) is 4.61. The molecule has 2 nitrogen and oxygen atoms in total. The Balaban J connectivity index is 2.55. The zero-order chi connectivity index (χ0) is 9.90. The van der Waals surface area contributed by atoms with Gasteiger partial charge in [0, 0.05) is 6.54 Å². The van der Waals surface area contributed by atoms with Gasteiger partial charge in [0.15, 0.2) is 0 Å². The normalized spacial score (nSPS) is 35.5. The molecule has 13 heavy (non-hydrogen) atoms. The Bertz CT molecular complexity index is 158. The average molecular weight is 185 g/mol. The Labute approximate surface area is 83.1 Å². The molecule has 0 saturated carbocycles. The summed E-state index contributed by atoms with van der Waals surface area (Å²) in [4.78, 5) is 2.65. The lowest BCUT2D eigenvalue weighted by Gasteiger charge is -2.27. The van der Waals surface area contributed by atoms with Crippen molar-refractivity contribution in [3.8, 4) is 0 Å². The highest BCUT2D eigenvalue weighted by Gasteiger charge is 2.37. The summed E-state index contributed by atoms with van der Waals surface area (Å²) in [6.45, 7) is 12.0. The van der Waals surface area contributed by atoms with Crippen LogP contribution in [-0.4, -0.2) is 48.8 Å². The fourth-order valence-corrected chi connectivity index (χ4v) is 2.43. The lowest BCUT2D eigenvalue weighted by molar-refractivity contribution is -0.900. The molecule has 2 atom stereocenters. The van der Waals surface area contributed by atoms with E-state index in [-0.39, 0.29) is 0 Å². The van der Waals surface area contributed by atoms with Crippen LogP contribution in [0.3, 0.4) is 0 Å². The number of hydrogen-bond donors (Lipinski definition) is 0. The van der Waals surface area contributed by atoms with Gasteiger partial charge in [0.1, 0.15) is 6.67 Å². The van der Waals surface area contributed by atoms with Gasteiger partial charge >= 0.3 is 0 Å². The minimum atomic E-state index is 0.847. The first-order valence-electron chi connectivity index (χ1n) is 5.72. The van der Waals surface area contributed by atoms with E-state index >= 15 is 0 Å².